The summed E-state index contributed by atoms with van der Waals surface area (Å²) >= 11 is 0. The molecule has 1 fully saturated rings. The Balaban J connectivity index is 1.61. The third kappa shape index (κ3) is 9.70. The van der Waals surface area contributed by atoms with Crippen molar-refractivity contribution in [1.29, 1.82) is 0 Å². The SMILES string of the molecule is C=CCC1C2=C3CC(C)/C(=C(\C(/C=C\C(=C)C)=C(C)C)c4ccc(C(C)(C)C)cc4)C3=CCC=C2c2c(-c3ccc(C(C)(C)C)cc3)c(/C=C\C=C/C)c(C)c(-c3ccc(C(C)(C)C)cc3)c21. The summed E-state index contributed by atoms with van der Waals surface area (Å²) in [6, 6.07) is 28.5. The van der Waals surface area contributed by atoms with Crippen molar-refractivity contribution in [2.75, 3.05) is 0 Å². The zero-order chi connectivity index (χ0) is 48.7. The first kappa shape index (κ1) is 49.2. The molecule has 3 aliphatic carbocycles. The summed E-state index contributed by atoms with van der Waals surface area (Å²) in [6.07, 6.45) is 23.4. The lowest BCUT2D eigenvalue weighted by Gasteiger charge is -2.25. The van der Waals surface area contributed by atoms with Crippen LogP contribution in [0.25, 0.3) is 39.5 Å². The maximum absolute atomic E-state index is 4.48. The molecule has 4 aromatic carbocycles. The maximum Gasteiger partial charge on any atom is 0.0145 e. The fraction of sp³-hybridized carbons (Fsp3) is 0.343. The van der Waals surface area contributed by atoms with Gasteiger partial charge in [-0.25, -0.2) is 0 Å². The molecule has 0 saturated heterocycles. The quantitative estimate of drug-likeness (QED) is 0.110. The van der Waals surface area contributed by atoms with Crippen LogP contribution in [0.3, 0.4) is 0 Å². The third-order valence-electron chi connectivity index (χ3n) is 14.4. The van der Waals surface area contributed by atoms with E-state index in [1.165, 1.54) is 111 Å². The van der Waals surface area contributed by atoms with E-state index in [1.54, 1.807) is 0 Å². The summed E-state index contributed by atoms with van der Waals surface area (Å²) in [5.74, 6) is 0.445. The second-order valence-corrected chi connectivity index (χ2v) is 22.9. The fourth-order valence-electron chi connectivity index (χ4n) is 10.8. The molecule has 0 heterocycles. The Morgan fingerprint density at radius 2 is 1.19 bits per heavy atom. The standard InChI is InChI=1S/C67H78/c1-18-20-21-24-53-45(8)59(46-28-34-49(35-29-46)65(9,10)11)63-55(23-19-2)62-56(64(63)61(53)48-32-38-51(39-33-48)67(15,16)17)26-22-25-54-57(62)41-44(7)58(54)60(52(43(5)6)40-27-42(3)4)47-30-36-50(37-31-47)66(12,13)14/h18-21,24-40,44,55H,2-3,22-23,41H2,1,4-17H3/b20-18-,24-21-,40-27-,60-58+. The fourth-order valence-corrected chi connectivity index (χ4v) is 10.8. The monoisotopic (exact) mass is 883 g/mol. The van der Waals surface area contributed by atoms with Crippen molar-refractivity contribution >= 4 is 17.2 Å². The van der Waals surface area contributed by atoms with Crippen molar-refractivity contribution in [1.82, 2.24) is 0 Å². The minimum atomic E-state index is 0.0518. The average molecular weight is 883 g/mol. The van der Waals surface area contributed by atoms with Gasteiger partial charge in [-0.05, 0) is 182 Å². The van der Waals surface area contributed by atoms with Crippen LogP contribution < -0.4 is 0 Å². The molecule has 2 atom stereocenters. The van der Waals surface area contributed by atoms with Gasteiger partial charge in [0.15, 0.2) is 0 Å². The first-order chi connectivity index (χ1) is 31.6. The lowest BCUT2D eigenvalue weighted by molar-refractivity contribution is 0.590. The van der Waals surface area contributed by atoms with Crippen LogP contribution in [0.1, 0.15) is 167 Å². The van der Waals surface area contributed by atoms with E-state index in [4.69, 9.17) is 0 Å². The number of hydrogen-bond acceptors (Lipinski definition) is 0. The molecule has 0 aliphatic heterocycles. The second kappa shape index (κ2) is 19.1. The number of rotatable bonds is 10. The molecule has 0 spiro atoms. The van der Waals surface area contributed by atoms with Gasteiger partial charge in [0.25, 0.3) is 0 Å². The topological polar surface area (TPSA) is 0 Å². The van der Waals surface area contributed by atoms with Gasteiger partial charge < -0.3 is 0 Å². The van der Waals surface area contributed by atoms with Crippen LogP contribution in [0.5, 0.6) is 0 Å². The van der Waals surface area contributed by atoms with Crippen molar-refractivity contribution in [2.45, 2.75) is 145 Å². The van der Waals surface area contributed by atoms with Gasteiger partial charge in [-0.3, -0.25) is 0 Å². The van der Waals surface area contributed by atoms with Gasteiger partial charge in [0, 0.05) is 5.92 Å². The van der Waals surface area contributed by atoms with Crippen molar-refractivity contribution in [3.63, 3.8) is 0 Å². The van der Waals surface area contributed by atoms with Crippen LogP contribution in [0.2, 0.25) is 0 Å². The van der Waals surface area contributed by atoms with Crippen LogP contribution in [0.4, 0.5) is 0 Å². The van der Waals surface area contributed by atoms with Gasteiger partial charge >= 0.3 is 0 Å². The summed E-state index contributed by atoms with van der Waals surface area (Å²) in [6.45, 7) is 43.1. The van der Waals surface area contributed by atoms with Crippen LogP contribution in [0, 0.1) is 12.8 Å². The van der Waals surface area contributed by atoms with Crippen LogP contribution in [0.15, 0.2) is 174 Å². The Morgan fingerprint density at radius 1 is 0.672 bits per heavy atom. The Labute approximate surface area is 406 Å². The second-order valence-electron chi connectivity index (χ2n) is 22.9. The van der Waals surface area contributed by atoms with Gasteiger partial charge in [0.05, 0.1) is 0 Å². The molecule has 1 saturated carbocycles. The molecule has 2 unspecified atom stereocenters. The van der Waals surface area contributed by atoms with E-state index in [-0.39, 0.29) is 22.2 Å². The molecule has 4 aromatic rings. The maximum atomic E-state index is 4.48. The minimum absolute atomic E-state index is 0.0518. The van der Waals surface area contributed by atoms with E-state index in [9.17, 15) is 0 Å². The van der Waals surface area contributed by atoms with Crippen LogP contribution in [-0.2, 0) is 16.2 Å². The summed E-state index contributed by atoms with van der Waals surface area (Å²) in [4.78, 5) is 0. The average Bonchev–Trinajstić information content (AvgIpc) is 3.66. The van der Waals surface area contributed by atoms with Crippen LogP contribution in [-0.4, -0.2) is 0 Å². The summed E-state index contributed by atoms with van der Waals surface area (Å²) in [5.41, 5.74) is 28.4. The summed E-state index contributed by atoms with van der Waals surface area (Å²) < 4.78 is 0. The number of fused-ring (bicyclic) bond motifs is 4. The van der Waals surface area contributed by atoms with E-state index in [0.29, 0.717) is 5.92 Å². The zero-order valence-corrected chi connectivity index (χ0v) is 43.8. The minimum Gasteiger partial charge on any atom is -0.103 e. The molecule has 7 rings (SSSR count). The van der Waals surface area contributed by atoms with Gasteiger partial charge in [-0.1, -0.05) is 214 Å². The lowest BCUT2D eigenvalue weighted by atomic mass is 9.78. The Morgan fingerprint density at radius 3 is 1.69 bits per heavy atom. The molecule has 0 N–H and O–H groups in total. The molecule has 0 amide bonds. The molecule has 3 aliphatic rings. The molecule has 0 bridgehead atoms. The van der Waals surface area contributed by atoms with Crippen molar-refractivity contribution < 1.29 is 0 Å². The highest BCUT2D eigenvalue weighted by molar-refractivity contribution is 6.05. The summed E-state index contributed by atoms with van der Waals surface area (Å²) in [5, 5.41) is 0. The lowest BCUT2D eigenvalue weighted by Crippen LogP contribution is -2.11. The van der Waals surface area contributed by atoms with Gasteiger partial charge in [0.1, 0.15) is 0 Å². The summed E-state index contributed by atoms with van der Waals surface area (Å²) in [7, 11) is 0. The molecule has 0 heteroatoms. The molecule has 0 radical (unpaired) electrons. The Hall–Kier alpha value is -5.72. The molecular formula is C67H78. The molecule has 0 nitrogen and oxygen atoms in total. The van der Waals surface area contributed by atoms with E-state index < -0.39 is 0 Å². The number of hydrogen-bond donors (Lipinski definition) is 0. The number of benzene rings is 4. The van der Waals surface area contributed by atoms with E-state index in [2.05, 4.69) is 244 Å². The third-order valence-corrected chi connectivity index (χ3v) is 14.4. The van der Waals surface area contributed by atoms with Gasteiger partial charge in [-0.15, -0.1) is 6.58 Å². The largest absolute Gasteiger partial charge is 0.103 e. The van der Waals surface area contributed by atoms with E-state index in [0.717, 1.165) is 24.8 Å². The Kier molecular flexibility index (Phi) is 14.0. The van der Waals surface area contributed by atoms with Crippen molar-refractivity contribution in [3.05, 3.63) is 218 Å². The predicted molar refractivity (Wildman–Crippen MR) is 297 cm³/mol. The first-order valence-electron chi connectivity index (χ1n) is 24.9. The smallest absolute Gasteiger partial charge is 0.0145 e. The normalized spacial score (nSPS) is 18.3. The molecule has 346 valence electrons. The molecular weight excluding hydrogens is 805 g/mol. The van der Waals surface area contributed by atoms with E-state index in [1.807, 2.05) is 0 Å². The zero-order valence-electron chi connectivity index (χ0n) is 43.8. The highest BCUT2D eigenvalue weighted by atomic mass is 14.5. The van der Waals surface area contributed by atoms with Gasteiger partial charge in [-0.2, -0.15) is 0 Å². The number of allylic oxidation sites excluding steroid dienone is 17. The van der Waals surface area contributed by atoms with Gasteiger partial charge in [0.2, 0.25) is 0 Å². The van der Waals surface area contributed by atoms with Crippen molar-refractivity contribution in [2.24, 2.45) is 5.92 Å². The molecule has 67 heavy (non-hydrogen) atoms. The first-order valence-corrected chi connectivity index (χ1v) is 24.9. The highest BCUT2D eigenvalue weighted by Crippen LogP contribution is 2.61. The highest BCUT2D eigenvalue weighted by Gasteiger charge is 2.43. The Bertz CT molecular complexity index is 2830. The van der Waals surface area contributed by atoms with Crippen LogP contribution >= 0.6 is 0 Å². The molecule has 0 aromatic heterocycles. The van der Waals surface area contributed by atoms with Crippen molar-refractivity contribution in [3.8, 4) is 22.3 Å². The van der Waals surface area contributed by atoms with E-state index >= 15 is 0 Å². The predicted octanol–water partition coefficient (Wildman–Crippen LogP) is 19.5.